The summed E-state index contributed by atoms with van der Waals surface area (Å²) in [6.07, 6.45) is 1.36. The molecule has 1 heterocycles. The van der Waals surface area contributed by atoms with E-state index in [1.54, 1.807) is 6.07 Å². The lowest BCUT2D eigenvalue weighted by molar-refractivity contribution is 0.0451. The number of benzene rings is 2. The zero-order valence-electron chi connectivity index (χ0n) is 16.8. The van der Waals surface area contributed by atoms with Gasteiger partial charge in [-0.1, -0.05) is 0 Å². The van der Waals surface area contributed by atoms with E-state index in [2.05, 4.69) is 5.32 Å². The first-order chi connectivity index (χ1) is 15.0. The Hall–Kier alpha value is -4.01. The van der Waals surface area contributed by atoms with Crippen LogP contribution in [0.1, 0.15) is 20.9 Å². The molecule has 0 radical (unpaired) electrons. The van der Waals surface area contributed by atoms with Gasteiger partial charge in [0.25, 0.3) is 5.91 Å². The highest BCUT2D eigenvalue weighted by molar-refractivity contribution is 6.07. The largest absolute Gasteiger partial charge is 0.493 e. The van der Waals surface area contributed by atoms with Crippen molar-refractivity contribution in [3.63, 3.8) is 0 Å². The summed E-state index contributed by atoms with van der Waals surface area (Å²) >= 11 is 0. The van der Waals surface area contributed by atoms with E-state index in [0.29, 0.717) is 11.5 Å². The number of carbonyl (C=O) groups is 2. The Morgan fingerprint density at radius 1 is 1.00 bits per heavy atom. The number of nitrogens with one attached hydrogen (secondary N) is 1. The Kier molecular flexibility index (Phi) is 7.10. The minimum Gasteiger partial charge on any atom is -0.493 e. The van der Waals surface area contributed by atoms with Crippen LogP contribution in [0.3, 0.4) is 0 Å². The molecule has 0 atom stereocenters. The molecule has 0 unspecified atom stereocenters. The fraction of sp³-hybridized carbons (Fsp3) is 0.182. The number of halogens is 1. The zero-order chi connectivity index (χ0) is 22.2. The molecule has 0 fully saturated rings. The van der Waals surface area contributed by atoms with Crippen LogP contribution in [0, 0.1) is 5.82 Å². The van der Waals surface area contributed by atoms with Crippen molar-refractivity contribution in [2.24, 2.45) is 0 Å². The smallest absolute Gasteiger partial charge is 0.340 e. The SMILES string of the molecule is COc1cc(NC(=O)c2ccco2)c(C(=O)OCCOc2ccc(F)cc2)cc1OC. The summed E-state index contributed by atoms with van der Waals surface area (Å²) in [5.41, 5.74) is 0.211. The Morgan fingerprint density at radius 2 is 1.71 bits per heavy atom. The molecule has 1 N–H and O–H groups in total. The van der Waals surface area contributed by atoms with E-state index >= 15 is 0 Å². The predicted octanol–water partition coefficient (Wildman–Crippen LogP) is 3.92. The summed E-state index contributed by atoms with van der Waals surface area (Å²) < 4.78 is 39.1. The second-order valence-corrected chi connectivity index (χ2v) is 6.12. The number of rotatable bonds is 9. The van der Waals surface area contributed by atoms with Crippen molar-refractivity contribution in [2.75, 3.05) is 32.8 Å². The predicted molar refractivity (Wildman–Crippen MR) is 108 cm³/mol. The molecule has 0 bridgehead atoms. The molecule has 0 saturated heterocycles. The number of hydrogen-bond donors (Lipinski definition) is 1. The number of hydrogen-bond acceptors (Lipinski definition) is 7. The van der Waals surface area contributed by atoms with Gasteiger partial charge < -0.3 is 28.7 Å². The van der Waals surface area contributed by atoms with Crippen LogP contribution >= 0.6 is 0 Å². The Labute approximate surface area is 177 Å². The lowest BCUT2D eigenvalue weighted by atomic mass is 10.1. The minimum absolute atomic E-state index is 0.0543. The Balaban J connectivity index is 1.71. The number of anilines is 1. The lowest BCUT2D eigenvalue weighted by Crippen LogP contribution is -2.17. The van der Waals surface area contributed by atoms with Crippen molar-refractivity contribution in [1.82, 2.24) is 0 Å². The van der Waals surface area contributed by atoms with Crippen LogP contribution in [0.5, 0.6) is 17.2 Å². The molecule has 0 saturated carbocycles. The number of carbonyl (C=O) groups excluding carboxylic acids is 2. The van der Waals surface area contributed by atoms with E-state index in [9.17, 15) is 14.0 Å². The van der Waals surface area contributed by atoms with Gasteiger partial charge in [-0.3, -0.25) is 4.79 Å². The van der Waals surface area contributed by atoms with E-state index in [-0.39, 0.29) is 41.8 Å². The van der Waals surface area contributed by atoms with Crippen LogP contribution < -0.4 is 19.5 Å². The Bertz CT molecular complexity index is 1030. The summed E-state index contributed by atoms with van der Waals surface area (Å²) in [4.78, 5) is 25.0. The van der Waals surface area contributed by atoms with Gasteiger partial charge in [-0.25, -0.2) is 9.18 Å². The van der Waals surface area contributed by atoms with Gasteiger partial charge in [0.15, 0.2) is 17.3 Å². The van der Waals surface area contributed by atoms with Crippen molar-refractivity contribution in [1.29, 1.82) is 0 Å². The number of methoxy groups -OCH3 is 2. The van der Waals surface area contributed by atoms with Gasteiger partial charge in [0.1, 0.15) is 24.8 Å². The van der Waals surface area contributed by atoms with Gasteiger partial charge >= 0.3 is 5.97 Å². The minimum atomic E-state index is -0.710. The van der Waals surface area contributed by atoms with Crippen molar-refractivity contribution in [3.8, 4) is 17.2 Å². The third kappa shape index (κ3) is 5.53. The molecule has 162 valence electrons. The van der Waals surface area contributed by atoms with Crippen molar-refractivity contribution >= 4 is 17.6 Å². The van der Waals surface area contributed by atoms with Crippen molar-refractivity contribution in [3.05, 3.63) is 71.9 Å². The quantitative estimate of drug-likeness (QED) is 0.407. The van der Waals surface area contributed by atoms with Crippen LogP contribution in [-0.2, 0) is 4.74 Å². The number of esters is 1. The summed E-state index contributed by atoms with van der Waals surface area (Å²) in [5.74, 6) is -0.529. The molecular weight excluding hydrogens is 409 g/mol. The van der Waals surface area contributed by atoms with E-state index in [0.717, 1.165) is 0 Å². The highest BCUT2D eigenvalue weighted by Crippen LogP contribution is 2.34. The zero-order valence-corrected chi connectivity index (χ0v) is 16.8. The van der Waals surface area contributed by atoms with Crippen LogP contribution in [0.15, 0.2) is 59.2 Å². The van der Waals surface area contributed by atoms with Gasteiger partial charge in [-0.05, 0) is 36.4 Å². The van der Waals surface area contributed by atoms with Crippen LogP contribution in [-0.4, -0.2) is 39.3 Å². The maximum absolute atomic E-state index is 12.9. The summed E-state index contributed by atoms with van der Waals surface area (Å²) in [6.45, 7) is -0.0190. The molecule has 2 aromatic carbocycles. The van der Waals surface area contributed by atoms with Crippen molar-refractivity contribution in [2.45, 2.75) is 0 Å². The van der Waals surface area contributed by atoms with E-state index in [1.165, 1.54) is 62.9 Å². The molecule has 0 aliphatic rings. The third-order valence-corrected chi connectivity index (χ3v) is 4.14. The molecule has 0 aliphatic heterocycles. The maximum atomic E-state index is 12.9. The second-order valence-electron chi connectivity index (χ2n) is 6.12. The molecule has 1 amide bonds. The first kappa shape index (κ1) is 21.7. The first-order valence-electron chi connectivity index (χ1n) is 9.18. The number of ether oxygens (including phenoxy) is 4. The molecule has 31 heavy (non-hydrogen) atoms. The molecule has 3 aromatic rings. The van der Waals surface area contributed by atoms with Gasteiger partial charge in [-0.2, -0.15) is 0 Å². The maximum Gasteiger partial charge on any atom is 0.340 e. The molecule has 1 aromatic heterocycles. The molecule has 9 heteroatoms. The Morgan fingerprint density at radius 3 is 2.35 bits per heavy atom. The number of amides is 1. The van der Waals surface area contributed by atoms with E-state index in [1.807, 2.05) is 0 Å². The first-order valence-corrected chi connectivity index (χ1v) is 9.18. The van der Waals surface area contributed by atoms with Gasteiger partial charge in [0.2, 0.25) is 0 Å². The topological polar surface area (TPSA) is 96.2 Å². The summed E-state index contributed by atoms with van der Waals surface area (Å²) in [5, 5.41) is 2.61. The molecule has 8 nitrogen and oxygen atoms in total. The van der Waals surface area contributed by atoms with E-state index < -0.39 is 11.9 Å². The third-order valence-electron chi connectivity index (χ3n) is 4.14. The molecule has 0 aliphatic carbocycles. The van der Waals surface area contributed by atoms with E-state index in [4.69, 9.17) is 23.4 Å². The molecule has 3 rings (SSSR count). The van der Waals surface area contributed by atoms with Crippen LogP contribution in [0.25, 0.3) is 0 Å². The second kappa shape index (κ2) is 10.1. The van der Waals surface area contributed by atoms with Crippen LogP contribution in [0.4, 0.5) is 10.1 Å². The normalized spacial score (nSPS) is 10.3. The average molecular weight is 429 g/mol. The average Bonchev–Trinajstić information content (AvgIpc) is 3.32. The summed E-state index contributed by atoms with van der Waals surface area (Å²) in [7, 11) is 2.85. The van der Waals surface area contributed by atoms with Gasteiger partial charge in [-0.15, -0.1) is 0 Å². The molecular formula is C22H20FNO7. The fourth-order valence-electron chi connectivity index (χ4n) is 2.65. The van der Waals surface area contributed by atoms with Gasteiger partial charge in [0.05, 0.1) is 31.7 Å². The number of furan rings is 1. The lowest BCUT2D eigenvalue weighted by Gasteiger charge is -2.15. The van der Waals surface area contributed by atoms with Crippen LogP contribution in [0.2, 0.25) is 0 Å². The highest BCUT2D eigenvalue weighted by Gasteiger charge is 2.21. The summed E-state index contributed by atoms with van der Waals surface area (Å²) in [6, 6.07) is 11.4. The van der Waals surface area contributed by atoms with Crippen molar-refractivity contribution < 1.29 is 37.3 Å². The molecule has 0 spiro atoms. The highest BCUT2D eigenvalue weighted by atomic mass is 19.1. The fourth-order valence-corrected chi connectivity index (χ4v) is 2.65. The van der Waals surface area contributed by atoms with Gasteiger partial charge in [0, 0.05) is 12.1 Å². The monoisotopic (exact) mass is 429 g/mol. The standard InChI is InChI=1S/C22H20FNO7/c1-27-19-12-16(22(26)31-11-10-29-15-7-5-14(23)6-8-15)17(13-20(19)28-2)24-21(25)18-4-3-9-30-18/h3-9,12-13H,10-11H2,1-2H3,(H,24,25).